The van der Waals surface area contributed by atoms with Crippen LogP contribution in [0.4, 0.5) is 4.79 Å². The Balaban J connectivity index is 1.87. The number of hydrogen-bond donors (Lipinski definition) is 0. The second kappa shape index (κ2) is 6.91. The molecule has 1 atom stereocenters. The highest BCUT2D eigenvalue weighted by Crippen LogP contribution is 2.30. The molecule has 1 unspecified atom stereocenters. The van der Waals surface area contributed by atoms with E-state index in [0.29, 0.717) is 19.7 Å². The predicted octanol–water partition coefficient (Wildman–Crippen LogP) is 2.77. The summed E-state index contributed by atoms with van der Waals surface area (Å²) >= 11 is 0. The van der Waals surface area contributed by atoms with Gasteiger partial charge in [-0.25, -0.2) is 4.79 Å². The third-order valence-corrected chi connectivity index (χ3v) is 4.30. The first kappa shape index (κ1) is 17.8. The molecule has 6 heteroatoms. The summed E-state index contributed by atoms with van der Waals surface area (Å²) in [7, 11) is 1.94. The van der Waals surface area contributed by atoms with Gasteiger partial charge in [-0.1, -0.05) is 6.92 Å². The van der Waals surface area contributed by atoms with Crippen molar-refractivity contribution in [2.45, 2.75) is 58.2 Å². The van der Waals surface area contributed by atoms with Crippen molar-refractivity contribution in [2.24, 2.45) is 7.05 Å². The number of rotatable bonds is 5. The summed E-state index contributed by atoms with van der Waals surface area (Å²) in [4.78, 5) is 14.0. The Morgan fingerprint density at radius 2 is 2.17 bits per heavy atom. The van der Waals surface area contributed by atoms with Gasteiger partial charge in [0.25, 0.3) is 0 Å². The van der Waals surface area contributed by atoms with Crippen molar-refractivity contribution in [2.75, 3.05) is 19.7 Å². The van der Waals surface area contributed by atoms with Gasteiger partial charge in [0.05, 0.1) is 18.8 Å². The summed E-state index contributed by atoms with van der Waals surface area (Å²) in [6.07, 6.45) is 4.12. The third kappa shape index (κ3) is 4.70. The van der Waals surface area contributed by atoms with E-state index in [4.69, 9.17) is 9.47 Å². The molecule has 0 bridgehead atoms. The van der Waals surface area contributed by atoms with Crippen LogP contribution in [0.3, 0.4) is 0 Å². The van der Waals surface area contributed by atoms with Crippen LogP contribution in [0.2, 0.25) is 0 Å². The average Bonchev–Trinajstić information content (AvgIpc) is 3.05. The maximum atomic E-state index is 12.2. The van der Waals surface area contributed by atoms with Crippen molar-refractivity contribution >= 4 is 6.09 Å². The largest absolute Gasteiger partial charge is 0.444 e. The fourth-order valence-electron chi connectivity index (χ4n) is 2.85. The van der Waals surface area contributed by atoms with Gasteiger partial charge in [0.2, 0.25) is 0 Å². The molecule has 23 heavy (non-hydrogen) atoms. The molecule has 0 N–H and O–H groups in total. The Morgan fingerprint density at radius 3 is 2.74 bits per heavy atom. The Kier molecular flexibility index (Phi) is 5.34. The van der Waals surface area contributed by atoms with Gasteiger partial charge in [-0.3, -0.25) is 4.68 Å². The first-order chi connectivity index (χ1) is 10.7. The van der Waals surface area contributed by atoms with E-state index in [0.717, 1.165) is 25.0 Å². The molecule has 0 spiro atoms. The Labute approximate surface area is 138 Å². The van der Waals surface area contributed by atoms with E-state index in [1.54, 1.807) is 11.1 Å². The second-order valence-corrected chi connectivity index (χ2v) is 7.23. The number of carbonyl (C=O) groups is 1. The molecular weight excluding hydrogens is 294 g/mol. The summed E-state index contributed by atoms with van der Waals surface area (Å²) in [6, 6.07) is 2.00. The van der Waals surface area contributed by atoms with Gasteiger partial charge in [0, 0.05) is 31.9 Å². The quantitative estimate of drug-likeness (QED) is 0.836. The zero-order valence-electron chi connectivity index (χ0n) is 15.0. The van der Waals surface area contributed by atoms with E-state index in [1.807, 2.05) is 38.6 Å². The Morgan fingerprint density at radius 1 is 1.43 bits per heavy atom. The lowest BCUT2D eigenvalue weighted by Crippen LogP contribution is -2.40. The lowest BCUT2D eigenvalue weighted by Gasteiger charge is -2.29. The van der Waals surface area contributed by atoms with Crippen LogP contribution < -0.4 is 0 Å². The Bertz CT molecular complexity index is 535. The van der Waals surface area contributed by atoms with Gasteiger partial charge in [-0.05, 0) is 39.7 Å². The summed E-state index contributed by atoms with van der Waals surface area (Å²) < 4.78 is 13.5. The van der Waals surface area contributed by atoms with E-state index in [1.165, 1.54) is 0 Å². The molecule has 1 saturated heterocycles. The molecule has 1 aromatic rings. The van der Waals surface area contributed by atoms with Gasteiger partial charge in [-0.15, -0.1) is 0 Å². The maximum Gasteiger partial charge on any atom is 0.410 e. The molecule has 6 nitrogen and oxygen atoms in total. The number of hydrogen-bond acceptors (Lipinski definition) is 4. The third-order valence-electron chi connectivity index (χ3n) is 4.30. The van der Waals surface area contributed by atoms with Crippen LogP contribution >= 0.6 is 0 Å². The summed E-state index contributed by atoms with van der Waals surface area (Å²) in [5.74, 6) is 0. The van der Waals surface area contributed by atoms with Crippen LogP contribution in [0, 0.1) is 0 Å². The minimum Gasteiger partial charge on any atom is -0.444 e. The van der Waals surface area contributed by atoms with Crippen molar-refractivity contribution in [3.8, 4) is 0 Å². The average molecular weight is 323 g/mol. The summed E-state index contributed by atoms with van der Waals surface area (Å²) in [5, 5.41) is 4.17. The van der Waals surface area contributed by atoms with Crippen molar-refractivity contribution in [1.29, 1.82) is 0 Å². The number of aryl methyl sites for hydroxylation is 1. The molecule has 0 radical (unpaired) electrons. The van der Waals surface area contributed by atoms with Crippen molar-refractivity contribution < 1.29 is 14.3 Å². The molecule has 1 fully saturated rings. The highest BCUT2D eigenvalue weighted by molar-refractivity contribution is 5.68. The first-order valence-electron chi connectivity index (χ1n) is 8.33. The van der Waals surface area contributed by atoms with Gasteiger partial charge < -0.3 is 14.4 Å². The number of carbonyl (C=O) groups excluding carboxylic acids is 1. The van der Waals surface area contributed by atoms with Crippen LogP contribution in [-0.4, -0.2) is 51.7 Å². The van der Waals surface area contributed by atoms with Crippen LogP contribution in [0.1, 0.15) is 46.2 Å². The number of likely N-dealkylation sites (tertiary alicyclic amines) is 1. The van der Waals surface area contributed by atoms with Crippen LogP contribution in [-0.2, 0) is 22.9 Å². The highest BCUT2D eigenvalue weighted by atomic mass is 16.6. The fraction of sp³-hybridized carbons (Fsp3) is 0.765. The molecule has 2 heterocycles. The van der Waals surface area contributed by atoms with E-state index in [9.17, 15) is 4.79 Å². The molecule has 1 aliphatic rings. The molecular formula is C17H29N3O3. The second-order valence-electron chi connectivity index (χ2n) is 7.23. The first-order valence-corrected chi connectivity index (χ1v) is 8.33. The van der Waals surface area contributed by atoms with Crippen molar-refractivity contribution in [3.05, 3.63) is 18.0 Å². The number of aromatic nitrogens is 2. The number of ether oxygens (including phenoxy) is 2. The van der Waals surface area contributed by atoms with Crippen LogP contribution in [0.25, 0.3) is 0 Å². The fourth-order valence-corrected chi connectivity index (χ4v) is 2.85. The normalized spacial score (nSPS) is 21.7. The lowest BCUT2D eigenvalue weighted by molar-refractivity contribution is -0.0415. The predicted molar refractivity (Wildman–Crippen MR) is 88.3 cm³/mol. The van der Waals surface area contributed by atoms with Gasteiger partial charge in [0.15, 0.2) is 0 Å². The van der Waals surface area contributed by atoms with Crippen LogP contribution in [0.5, 0.6) is 0 Å². The standard InChI is InChI=1S/C17H29N3O3/c1-6-17(22-12-8-14-7-10-18-19(14)5)9-11-20(13-17)15(21)23-16(2,3)4/h7,10H,6,8-9,11-13H2,1-5H3. The number of amides is 1. The zero-order chi connectivity index (χ0) is 17.1. The lowest BCUT2D eigenvalue weighted by atomic mass is 10.00. The Hall–Kier alpha value is -1.56. The summed E-state index contributed by atoms with van der Waals surface area (Å²) in [6.45, 7) is 9.70. The smallest absolute Gasteiger partial charge is 0.410 e. The minimum absolute atomic E-state index is 0.247. The van der Waals surface area contributed by atoms with Gasteiger partial charge in [0.1, 0.15) is 5.60 Å². The topological polar surface area (TPSA) is 56.6 Å². The molecule has 0 aromatic carbocycles. The van der Waals surface area contributed by atoms with Gasteiger partial charge in [-0.2, -0.15) is 5.10 Å². The monoisotopic (exact) mass is 323 g/mol. The zero-order valence-corrected chi connectivity index (χ0v) is 15.0. The van der Waals surface area contributed by atoms with E-state index < -0.39 is 5.60 Å². The van der Waals surface area contributed by atoms with Gasteiger partial charge >= 0.3 is 6.09 Å². The molecule has 2 rings (SSSR count). The molecule has 1 aliphatic heterocycles. The molecule has 130 valence electrons. The van der Waals surface area contributed by atoms with E-state index in [2.05, 4.69) is 12.0 Å². The van der Waals surface area contributed by atoms with Crippen molar-refractivity contribution in [3.63, 3.8) is 0 Å². The molecule has 0 aliphatic carbocycles. The molecule has 1 amide bonds. The van der Waals surface area contributed by atoms with Crippen LogP contribution in [0.15, 0.2) is 12.3 Å². The number of nitrogens with zero attached hydrogens (tertiary/aromatic N) is 3. The summed E-state index contributed by atoms with van der Waals surface area (Å²) in [5.41, 5.74) is 0.433. The highest BCUT2D eigenvalue weighted by Gasteiger charge is 2.40. The minimum atomic E-state index is -0.463. The van der Waals surface area contributed by atoms with E-state index in [-0.39, 0.29) is 11.7 Å². The SMILES string of the molecule is CCC1(OCCc2ccnn2C)CCN(C(=O)OC(C)(C)C)C1. The van der Waals surface area contributed by atoms with E-state index >= 15 is 0 Å². The molecule has 1 aromatic heterocycles. The van der Waals surface area contributed by atoms with Crippen molar-refractivity contribution in [1.82, 2.24) is 14.7 Å². The maximum absolute atomic E-state index is 12.2. The molecule has 0 saturated carbocycles.